The minimum atomic E-state index is -0.181. The second kappa shape index (κ2) is 6.45. The second-order valence-corrected chi connectivity index (χ2v) is 4.14. The predicted molar refractivity (Wildman–Crippen MR) is 67.7 cm³/mol. The molecule has 0 aromatic carbocycles. The van der Waals surface area contributed by atoms with Gasteiger partial charge in [0.2, 0.25) is 5.91 Å². The lowest BCUT2D eigenvalue weighted by Crippen LogP contribution is -2.44. The molecule has 1 heterocycles. The lowest BCUT2D eigenvalue weighted by Gasteiger charge is -2.23. The molecular weight excluding hydrogens is 216 g/mol. The Bertz CT molecular complexity index is 356. The van der Waals surface area contributed by atoms with Gasteiger partial charge in [0.1, 0.15) is 5.76 Å². The molecule has 1 N–H and O–H groups in total. The van der Waals surface area contributed by atoms with Gasteiger partial charge in [-0.05, 0) is 39.3 Å². The van der Waals surface area contributed by atoms with Crippen LogP contribution in [-0.2, 0) is 11.3 Å². The van der Waals surface area contributed by atoms with E-state index in [1.807, 2.05) is 38.7 Å². The van der Waals surface area contributed by atoms with Crippen molar-refractivity contribution in [2.75, 3.05) is 13.1 Å². The Labute approximate surface area is 103 Å². The average molecular weight is 238 g/mol. The van der Waals surface area contributed by atoms with Gasteiger partial charge in [0, 0.05) is 13.1 Å². The molecule has 1 atom stereocenters. The molecule has 4 heteroatoms. The minimum Gasteiger partial charge on any atom is -0.468 e. The first-order valence-electron chi connectivity index (χ1n) is 6.15. The molecule has 1 aromatic heterocycles. The van der Waals surface area contributed by atoms with Gasteiger partial charge in [0.15, 0.2) is 0 Å². The highest BCUT2D eigenvalue weighted by Crippen LogP contribution is 2.08. The third kappa shape index (κ3) is 3.60. The van der Waals surface area contributed by atoms with E-state index in [4.69, 9.17) is 4.42 Å². The number of nitrogens with one attached hydrogen (secondary N) is 1. The van der Waals surface area contributed by atoms with E-state index < -0.39 is 0 Å². The molecule has 1 amide bonds. The highest BCUT2D eigenvalue weighted by molar-refractivity contribution is 5.81. The van der Waals surface area contributed by atoms with Gasteiger partial charge in [-0.15, -0.1) is 0 Å². The maximum absolute atomic E-state index is 12.0. The summed E-state index contributed by atoms with van der Waals surface area (Å²) in [6.07, 6.45) is 1.67. The van der Waals surface area contributed by atoms with Crippen molar-refractivity contribution < 1.29 is 9.21 Å². The lowest BCUT2D eigenvalue weighted by molar-refractivity contribution is -0.132. The van der Waals surface area contributed by atoms with Gasteiger partial charge >= 0.3 is 0 Å². The zero-order valence-electron chi connectivity index (χ0n) is 11.1. The molecule has 4 nitrogen and oxygen atoms in total. The summed E-state index contributed by atoms with van der Waals surface area (Å²) in [5, 5.41) is 3.19. The summed E-state index contributed by atoms with van der Waals surface area (Å²) in [5.74, 6) is 1.03. The first kappa shape index (κ1) is 13.8. The zero-order chi connectivity index (χ0) is 12.8. The topological polar surface area (TPSA) is 45.5 Å². The molecule has 96 valence electrons. The molecule has 0 aliphatic rings. The Hall–Kier alpha value is -1.29. The molecule has 0 aliphatic carbocycles. The molecule has 1 aromatic rings. The normalized spacial score (nSPS) is 12.5. The van der Waals surface area contributed by atoms with Crippen LogP contribution >= 0.6 is 0 Å². The minimum absolute atomic E-state index is 0.138. The Morgan fingerprint density at radius 2 is 2.12 bits per heavy atom. The highest BCUT2D eigenvalue weighted by Gasteiger charge is 2.17. The number of carbonyl (C=O) groups is 1. The zero-order valence-corrected chi connectivity index (χ0v) is 11.1. The largest absolute Gasteiger partial charge is 0.468 e. The highest BCUT2D eigenvalue weighted by atomic mass is 16.3. The molecule has 17 heavy (non-hydrogen) atoms. The van der Waals surface area contributed by atoms with Crippen molar-refractivity contribution in [3.8, 4) is 0 Å². The number of rotatable bonds is 6. The first-order valence-corrected chi connectivity index (χ1v) is 6.15. The van der Waals surface area contributed by atoms with Crippen LogP contribution in [0.15, 0.2) is 16.7 Å². The number of aryl methyl sites for hydroxylation is 1. The van der Waals surface area contributed by atoms with Crippen molar-refractivity contribution in [1.29, 1.82) is 0 Å². The molecule has 0 radical (unpaired) electrons. The quantitative estimate of drug-likeness (QED) is 0.823. The molecule has 0 fully saturated rings. The van der Waals surface area contributed by atoms with E-state index in [9.17, 15) is 4.79 Å². The fourth-order valence-corrected chi connectivity index (χ4v) is 1.73. The van der Waals surface area contributed by atoms with Crippen LogP contribution in [0.4, 0.5) is 0 Å². The SMILES string of the molecule is CCN(CC)C(=O)C(C)NCc1occc1C. The summed E-state index contributed by atoms with van der Waals surface area (Å²) in [5.41, 5.74) is 1.11. The van der Waals surface area contributed by atoms with Gasteiger partial charge in [-0.1, -0.05) is 0 Å². The van der Waals surface area contributed by atoms with Crippen LogP contribution in [0.1, 0.15) is 32.1 Å². The van der Waals surface area contributed by atoms with E-state index in [0.29, 0.717) is 6.54 Å². The Balaban J connectivity index is 2.47. The van der Waals surface area contributed by atoms with Gasteiger partial charge in [-0.25, -0.2) is 0 Å². The van der Waals surface area contributed by atoms with Crippen molar-refractivity contribution in [2.45, 2.75) is 40.3 Å². The number of amides is 1. The first-order chi connectivity index (χ1) is 8.10. The van der Waals surface area contributed by atoms with Crippen LogP contribution in [0.3, 0.4) is 0 Å². The molecule has 1 rings (SSSR count). The van der Waals surface area contributed by atoms with E-state index in [2.05, 4.69) is 5.32 Å². The predicted octanol–water partition coefficient (Wildman–Crippen LogP) is 1.93. The van der Waals surface area contributed by atoms with E-state index in [1.54, 1.807) is 6.26 Å². The van der Waals surface area contributed by atoms with Crippen molar-refractivity contribution in [2.24, 2.45) is 0 Å². The van der Waals surface area contributed by atoms with Gasteiger partial charge in [0.05, 0.1) is 18.8 Å². The van der Waals surface area contributed by atoms with Gasteiger partial charge in [-0.2, -0.15) is 0 Å². The van der Waals surface area contributed by atoms with Gasteiger partial charge in [-0.3, -0.25) is 10.1 Å². The summed E-state index contributed by atoms with van der Waals surface area (Å²) in [6, 6.07) is 1.74. The third-order valence-electron chi connectivity index (χ3n) is 2.98. The summed E-state index contributed by atoms with van der Waals surface area (Å²) in [4.78, 5) is 13.8. The molecule has 0 aliphatic heterocycles. The van der Waals surface area contributed by atoms with E-state index in [1.165, 1.54) is 0 Å². The van der Waals surface area contributed by atoms with Crippen molar-refractivity contribution in [1.82, 2.24) is 10.2 Å². The summed E-state index contributed by atoms with van der Waals surface area (Å²) < 4.78 is 5.32. The standard InChI is InChI=1S/C13H22N2O2/c1-5-15(6-2)13(16)11(4)14-9-12-10(3)7-8-17-12/h7-8,11,14H,5-6,9H2,1-4H3. The van der Waals surface area contributed by atoms with Crippen LogP contribution in [0.25, 0.3) is 0 Å². The average Bonchev–Trinajstić information content (AvgIpc) is 2.73. The third-order valence-corrected chi connectivity index (χ3v) is 2.98. The monoisotopic (exact) mass is 238 g/mol. The van der Waals surface area contributed by atoms with Gasteiger partial charge < -0.3 is 9.32 Å². The molecule has 1 unspecified atom stereocenters. The van der Waals surface area contributed by atoms with Gasteiger partial charge in [0.25, 0.3) is 0 Å². The number of likely N-dealkylation sites (N-methyl/N-ethyl adjacent to an activating group) is 1. The maximum atomic E-state index is 12.0. The number of hydrogen-bond acceptors (Lipinski definition) is 3. The summed E-state index contributed by atoms with van der Waals surface area (Å²) in [6.45, 7) is 9.96. The van der Waals surface area contributed by atoms with Crippen LogP contribution in [0, 0.1) is 6.92 Å². The number of carbonyl (C=O) groups excluding carboxylic acids is 1. The van der Waals surface area contributed by atoms with Crippen molar-refractivity contribution in [3.63, 3.8) is 0 Å². The van der Waals surface area contributed by atoms with Crippen LogP contribution in [0.2, 0.25) is 0 Å². The molecule has 0 bridgehead atoms. The summed E-state index contributed by atoms with van der Waals surface area (Å²) >= 11 is 0. The fourth-order valence-electron chi connectivity index (χ4n) is 1.73. The van der Waals surface area contributed by atoms with Crippen molar-refractivity contribution in [3.05, 3.63) is 23.7 Å². The Kier molecular flexibility index (Phi) is 5.22. The smallest absolute Gasteiger partial charge is 0.239 e. The Morgan fingerprint density at radius 1 is 1.47 bits per heavy atom. The van der Waals surface area contributed by atoms with Crippen molar-refractivity contribution >= 4 is 5.91 Å². The fraction of sp³-hybridized carbons (Fsp3) is 0.615. The molecule has 0 spiro atoms. The van der Waals surface area contributed by atoms with Crippen LogP contribution < -0.4 is 5.32 Å². The molecular formula is C13H22N2O2. The summed E-state index contributed by atoms with van der Waals surface area (Å²) in [7, 11) is 0. The molecule has 0 saturated heterocycles. The number of furan rings is 1. The van der Waals surface area contributed by atoms with E-state index in [-0.39, 0.29) is 11.9 Å². The van der Waals surface area contributed by atoms with E-state index >= 15 is 0 Å². The van der Waals surface area contributed by atoms with E-state index in [0.717, 1.165) is 24.4 Å². The van der Waals surface area contributed by atoms with Crippen LogP contribution in [-0.4, -0.2) is 29.9 Å². The maximum Gasteiger partial charge on any atom is 0.239 e. The Morgan fingerprint density at radius 3 is 2.59 bits per heavy atom. The second-order valence-electron chi connectivity index (χ2n) is 4.14. The molecule has 0 saturated carbocycles. The number of hydrogen-bond donors (Lipinski definition) is 1. The lowest BCUT2D eigenvalue weighted by atomic mass is 10.2. The number of nitrogens with zero attached hydrogens (tertiary/aromatic N) is 1. The van der Waals surface area contributed by atoms with Crippen LogP contribution in [0.5, 0.6) is 0 Å².